The number of nitrogens with one attached hydrogen (secondary N) is 1. The van der Waals surface area contributed by atoms with Crippen LogP contribution < -0.4 is 5.32 Å². The number of carbonyl (C=O) groups is 2. The molecule has 2 N–H and O–H groups in total. The zero-order valence-corrected chi connectivity index (χ0v) is 11.5. The number of amides is 2. The quantitative estimate of drug-likeness (QED) is 0.786. The number of carboxylic acid groups (broad SMARTS) is 1. The van der Waals surface area contributed by atoms with Crippen molar-refractivity contribution in [3.05, 3.63) is 0 Å². The van der Waals surface area contributed by atoms with Crippen LogP contribution in [0.1, 0.15) is 33.1 Å². The number of piperidine rings is 1. The minimum atomic E-state index is -1.25. The molecule has 108 valence electrons. The number of nitrogens with zero attached hydrogens (tertiary/aromatic N) is 1. The third-order valence-corrected chi connectivity index (χ3v) is 4.18. The highest BCUT2D eigenvalue weighted by molar-refractivity contribution is 5.86. The number of rotatable bonds is 2. The summed E-state index contributed by atoms with van der Waals surface area (Å²) in [5.74, 6) is -0.404. The van der Waals surface area contributed by atoms with Gasteiger partial charge in [0.2, 0.25) is 0 Å². The Labute approximate surface area is 113 Å². The van der Waals surface area contributed by atoms with E-state index in [2.05, 4.69) is 12.2 Å². The van der Waals surface area contributed by atoms with Crippen molar-refractivity contribution >= 4 is 12.0 Å². The molecule has 0 saturated carbocycles. The Morgan fingerprint density at radius 1 is 1.42 bits per heavy atom. The molecule has 2 rings (SSSR count). The Balaban J connectivity index is 2.02. The van der Waals surface area contributed by atoms with E-state index in [-0.39, 0.29) is 18.7 Å². The predicted molar refractivity (Wildman–Crippen MR) is 68.9 cm³/mol. The molecule has 3 unspecified atom stereocenters. The monoisotopic (exact) mass is 270 g/mol. The van der Waals surface area contributed by atoms with Gasteiger partial charge in [0.15, 0.2) is 5.54 Å². The highest BCUT2D eigenvalue weighted by atomic mass is 16.5. The first-order valence-corrected chi connectivity index (χ1v) is 6.84. The molecule has 0 bridgehead atoms. The summed E-state index contributed by atoms with van der Waals surface area (Å²) in [5, 5.41) is 12.0. The van der Waals surface area contributed by atoms with Crippen LogP contribution in [0, 0.1) is 5.92 Å². The number of aliphatic carboxylic acids is 1. The summed E-state index contributed by atoms with van der Waals surface area (Å²) in [7, 11) is 0. The molecular weight excluding hydrogens is 248 g/mol. The highest BCUT2D eigenvalue weighted by Gasteiger charge is 2.45. The van der Waals surface area contributed by atoms with Crippen LogP contribution in [0.15, 0.2) is 0 Å². The van der Waals surface area contributed by atoms with Crippen molar-refractivity contribution in [2.24, 2.45) is 5.92 Å². The summed E-state index contributed by atoms with van der Waals surface area (Å²) in [4.78, 5) is 25.4. The van der Waals surface area contributed by atoms with Crippen molar-refractivity contribution in [2.45, 2.75) is 44.7 Å². The van der Waals surface area contributed by atoms with E-state index >= 15 is 0 Å². The lowest BCUT2D eigenvalue weighted by Crippen LogP contribution is -2.60. The second-order valence-electron chi connectivity index (χ2n) is 5.79. The van der Waals surface area contributed by atoms with E-state index in [0.717, 1.165) is 12.8 Å². The van der Waals surface area contributed by atoms with Crippen LogP contribution in [0.3, 0.4) is 0 Å². The van der Waals surface area contributed by atoms with Gasteiger partial charge in [-0.15, -0.1) is 0 Å². The summed E-state index contributed by atoms with van der Waals surface area (Å²) in [6.07, 6.45) is 2.25. The van der Waals surface area contributed by atoms with Gasteiger partial charge in [0, 0.05) is 25.6 Å². The van der Waals surface area contributed by atoms with Gasteiger partial charge in [-0.2, -0.15) is 0 Å². The first-order valence-electron chi connectivity index (χ1n) is 6.84. The number of carbonyl (C=O) groups excluding carboxylic acids is 1. The SMILES string of the molecule is CC1CCN(C(=O)NC2(C(=O)O)CCOC2)C(C)C1. The molecule has 2 saturated heterocycles. The van der Waals surface area contributed by atoms with Crippen molar-refractivity contribution in [2.75, 3.05) is 19.8 Å². The van der Waals surface area contributed by atoms with Gasteiger partial charge in [0.25, 0.3) is 0 Å². The fourth-order valence-electron chi connectivity index (χ4n) is 2.87. The topological polar surface area (TPSA) is 78.9 Å². The summed E-state index contributed by atoms with van der Waals surface area (Å²) >= 11 is 0. The molecular formula is C13H22N2O4. The molecule has 19 heavy (non-hydrogen) atoms. The van der Waals surface area contributed by atoms with Gasteiger partial charge < -0.3 is 20.1 Å². The number of hydrogen-bond acceptors (Lipinski definition) is 3. The van der Waals surface area contributed by atoms with E-state index in [1.165, 1.54) is 0 Å². The molecule has 3 atom stereocenters. The predicted octanol–water partition coefficient (Wildman–Crippen LogP) is 1.06. The van der Waals surface area contributed by atoms with E-state index in [1.54, 1.807) is 4.90 Å². The zero-order chi connectivity index (χ0) is 14.0. The molecule has 0 aromatic rings. The molecule has 6 heteroatoms. The zero-order valence-electron chi connectivity index (χ0n) is 11.5. The third-order valence-electron chi connectivity index (χ3n) is 4.18. The van der Waals surface area contributed by atoms with Gasteiger partial charge in [-0.3, -0.25) is 0 Å². The second-order valence-corrected chi connectivity index (χ2v) is 5.79. The minimum Gasteiger partial charge on any atom is -0.479 e. The Hall–Kier alpha value is -1.30. The molecule has 6 nitrogen and oxygen atoms in total. The summed E-state index contributed by atoms with van der Waals surface area (Å²) in [6.45, 7) is 5.29. The number of urea groups is 1. The van der Waals surface area contributed by atoms with Gasteiger partial charge in [-0.25, -0.2) is 9.59 Å². The van der Waals surface area contributed by atoms with Gasteiger partial charge in [0.1, 0.15) is 0 Å². The molecule has 0 aromatic carbocycles. The Kier molecular flexibility index (Phi) is 3.99. The number of carboxylic acids is 1. The first kappa shape index (κ1) is 14.1. The Bertz CT molecular complexity index is 366. The Morgan fingerprint density at radius 3 is 2.68 bits per heavy atom. The first-order chi connectivity index (χ1) is 8.94. The maximum atomic E-state index is 12.3. The van der Waals surface area contributed by atoms with Crippen molar-refractivity contribution < 1.29 is 19.4 Å². The summed E-state index contributed by atoms with van der Waals surface area (Å²) in [6, 6.07) is -0.135. The van der Waals surface area contributed by atoms with Gasteiger partial charge >= 0.3 is 12.0 Å². The van der Waals surface area contributed by atoms with E-state index in [4.69, 9.17) is 4.74 Å². The van der Waals surface area contributed by atoms with Crippen LogP contribution in [0.4, 0.5) is 4.79 Å². The van der Waals surface area contributed by atoms with Crippen molar-refractivity contribution in [1.82, 2.24) is 10.2 Å². The van der Waals surface area contributed by atoms with Crippen LogP contribution >= 0.6 is 0 Å². The van der Waals surface area contributed by atoms with Crippen LogP contribution in [-0.4, -0.2) is 53.3 Å². The third kappa shape index (κ3) is 2.83. The molecule has 2 heterocycles. The standard InChI is InChI=1S/C13H22N2O4/c1-9-3-5-15(10(2)7-9)12(18)14-13(11(16)17)4-6-19-8-13/h9-10H,3-8H2,1-2H3,(H,14,18)(H,16,17). The molecule has 0 aliphatic carbocycles. The molecule has 0 spiro atoms. The largest absolute Gasteiger partial charge is 0.479 e. The van der Waals surface area contributed by atoms with E-state index < -0.39 is 11.5 Å². The van der Waals surface area contributed by atoms with Crippen molar-refractivity contribution in [3.8, 4) is 0 Å². The highest BCUT2D eigenvalue weighted by Crippen LogP contribution is 2.24. The van der Waals surface area contributed by atoms with Crippen LogP contribution in [-0.2, 0) is 9.53 Å². The fraction of sp³-hybridized carbons (Fsp3) is 0.846. The molecule has 0 radical (unpaired) electrons. The van der Waals surface area contributed by atoms with Crippen LogP contribution in [0.2, 0.25) is 0 Å². The molecule has 2 amide bonds. The molecule has 0 aromatic heterocycles. The number of likely N-dealkylation sites (tertiary alicyclic amines) is 1. The van der Waals surface area contributed by atoms with Gasteiger partial charge in [0.05, 0.1) is 6.61 Å². The maximum absolute atomic E-state index is 12.3. The van der Waals surface area contributed by atoms with E-state index in [1.807, 2.05) is 6.92 Å². The average molecular weight is 270 g/mol. The lowest BCUT2D eigenvalue weighted by atomic mass is 9.93. The van der Waals surface area contributed by atoms with Gasteiger partial charge in [-0.05, 0) is 25.7 Å². The van der Waals surface area contributed by atoms with Crippen LogP contribution in [0.25, 0.3) is 0 Å². The minimum absolute atomic E-state index is 0.0483. The van der Waals surface area contributed by atoms with Crippen LogP contribution in [0.5, 0.6) is 0 Å². The summed E-state index contributed by atoms with van der Waals surface area (Å²) in [5.41, 5.74) is -1.25. The lowest BCUT2D eigenvalue weighted by Gasteiger charge is -2.38. The molecule has 2 aliphatic heterocycles. The Morgan fingerprint density at radius 2 is 2.16 bits per heavy atom. The van der Waals surface area contributed by atoms with E-state index in [0.29, 0.717) is 25.5 Å². The smallest absolute Gasteiger partial charge is 0.332 e. The number of ether oxygens (including phenoxy) is 1. The van der Waals surface area contributed by atoms with Gasteiger partial charge in [-0.1, -0.05) is 6.92 Å². The normalized spacial score (nSPS) is 35.2. The second kappa shape index (κ2) is 5.36. The van der Waals surface area contributed by atoms with Crippen molar-refractivity contribution in [1.29, 1.82) is 0 Å². The number of hydrogen-bond donors (Lipinski definition) is 2. The summed E-state index contributed by atoms with van der Waals surface area (Å²) < 4.78 is 5.14. The maximum Gasteiger partial charge on any atom is 0.332 e. The van der Waals surface area contributed by atoms with Crippen molar-refractivity contribution in [3.63, 3.8) is 0 Å². The fourth-order valence-corrected chi connectivity index (χ4v) is 2.87. The lowest BCUT2D eigenvalue weighted by molar-refractivity contribution is -0.144. The molecule has 2 fully saturated rings. The van der Waals surface area contributed by atoms with E-state index in [9.17, 15) is 14.7 Å². The average Bonchev–Trinajstić information content (AvgIpc) is 2.78. The molecule has 2 aliphatic rings.